The van der Waals surface area contributed by atoms with Gasteiger partial charge in [-0.25, -0.2) is 0 Å². The van der Waals surface area contributed by atoms with Gasteiger partial charge in [-0.1, -0.05) is 24.3 Å². The van der Waals surface area contributed by atoms with Crippen LogP contribution in [0, 0.1) is 0 Å². The van der Waals surface area contributed by atoms with E-state index in [4.69, 9.17) is 2.74 Å². The summed E-state index contributed by atoms with van der Waals surface area (Å²) in [7, 11) is 7.73. The number of benzene rings is 2. The van der Waals surface area contributed by atoms with Gasteiger partial charge in [0.2, 0.25) is 0 Å². The van der Waals surface area contributed by atoms with Crippen LogP contribution < -0.4 is 9.80 Å². The minimum absolute atomic E-state index is 0.487. The first-order valence-electron chi connectivity index (χ1n) is 6.31. The molecule has 0 fully saturated rings. The van der Waals surface area contributed by atoms with E-state index in [9.17, 15) is 0 Å². The molecule has 0 amide bonds. The van der Waals surface area contributed by atoms with Crippen LogP contribution in [0.4, 0.5) is 11.4 Å². The molecule has 16 heavy (non-hydrogen) atoms. The van der Waals surface area contributed by atoms with Gasteiger partial charge in [-0.2, -0.15) is 0 Å². The molecule has 0 saturated carbocycles. The number of hydrogen-bond donors (Lipinski definition) is 0. The molecule has 2 aromatic carbocycles. The summed E-state index contributed by atoms with van der Waals surface area (Å²) in [6.07, 6.45) is 0. The maximum atomic E-state index is 8.07. The fourth-order valence-corrected chi connectivity index (χ4v) is 1.88. The minimum Gasteiger partial charge on any atom is -0.377 e. The average Bonchev–Trinajstić information content (AvgIpc) is 2.27. The highest BCUT2D eigenvalue weighted by atomic mass is 15.1. The first-order valence-corrected chi connectivity index (χ1v) is 5.31. The molecule has 2 rings (SSSR count). The average molecular weight is 216 g/mol. The zero-order valence-electron chi connectivity index (χ0n) is 12.2. The zero-order valence-corrected chi connectivity index (χ0v) is 10.2. The molecule has 84 valence electrons. The predicted molar refractivity (Wildman–Crippen MR) is 72.6 cm³/mol. The van der Waals surface area contributed by atoms with E-state index in [0.717, 1.165) is 22.1 Å². The molecule has 0 aliphatic heterocycles. The lowest BCUT2D eigenvalue weighted by Gasteiger charge is -2.21. The van der Waals surface area contributed by atoms with Gasteiger partial charge in [0.1, 0.15) is 0 Å². The Morgan fingerprint density at radius 1 is 0.875 bits per heavy atom. The summed E-state index contributed by atoms with van der Waals surface area (Å²) in [5.41, 5.74) is 1.73. The molecule has 0 spiro atoms. The molecular weight excluding hydrogens is 196 g/mol. The van der Waals surface area contributed by atoms with Crippen LogP contribution in [-0.2, 0) is 0 Å². The normalized spacial score (nSPS) is 12.2. The van der Waals surface area contributed by atoms with Gasteiger partial charge in [0.15, 0.2) is 0 Å². The molecule has 0 radical (unpaired) electrons. The molecule has 0 N–H and O–H groups in total. The van der Waals surface area contributed by atoms with E-state index in [0.29, 0.717) is 12.1 Å². The standard InChI is InChI=1S/C14H18N2/c1-15(2)12-9-5-7-11-8-6-10-13(14(11)12)16(3)4/h5-10H,1-4H3/i9D,10D. The molecule has 0 unspecified atom stereocenters. The monoisotopic (exact) mass is 216 g/mol. The molecule has 0 aliphatic carbocycles. The van der Waals surface area contributed by atoms with Gasteiger partial charge in [0.05, 0.1) is 2.74 Å². The van der Waals surface area contributed by atoms with Gasteiger partial charge in [0.25, 0.3) is 0 Å². The number of rotatable bonds is 2. The van der Waals surface area contributed by atoms with E-state index in [1.54, 1.807) is 12.1 Å². The SMILES string of the molecule is [2H]c1ccc2ccc([2H])c(N(C)C)c2c1N(C)C. The molecule has 2 nitrogen and oxygen atoms in total. The fraction of sp³-hybridized carbons (Fsp3) is 0.286. The van der Waals surface area contributed by atoms with Gasteiger partial charge in [-0.3, -0.25) is 0 Å². The van der Waals surface area contributed by atoms with E-state index in [-0.39, 0.29) is 0 Å². The van der Waals surface area contributed by atoms with Gasteiger partial charge >= 0.3 is 0 Å². The molecule has 2 aromatic rings. The lowest BCUT2D eigenvalue weighted by Crippen LogP contribution is -2.13. The van der Waals surface area contributed by atoms with E-state index in [1.807, 2.05) is 50.1 Å². The van der Waals surface area contributed by atoms with Crippen LogP contribution in [-0.4, -0.2) is 28.2 Å². The van der Waals surface area contributed by atoms with Gasteiger partial charge in [0, 0.05) is 45.0 Å². The fourth-order valence-electron chi connectivity index (χ4n) is 1.88. The Labute approximate surface area is 99.9 Å². The van der Waals surface area contributed by atoms with Crippen LogP contribution >= 0.6 is 0 Å². The molecular formula is C14H18N2. The Morgan fingerprint density at radius 3 is 1.69 bits per heavy atom. The van der Waals surface area contributed by atoms with Gasteiger partial charge in [-0.15, -0.1) is 0 Å². The molecule has 0 bridgehead atoms. The molecule has 0 saturated heterocycles. The Morgan fingerprint density at radius 2 is 1.31 bits per heavy atom. The highest BCUT2D eigenvalue weighted by Gasteiger charge is 2.08. The maximum absolute atomic E-state index is 8.07. The summed E-state index contributed by atoms with van der Waals surface area (Å²) in [5.74, 6) is 0. The summed E-state index contributed by atoms with van der Waals surface area (Å²) in [5, 5.41) is 2.04. The van der Waals surface area contributed by atoms with Crippen molar-refractivity contribution in [3.63, 3.8) is 0 Å². The third-order valence-corrected chi connectivity index (χ3v) is 2.62. The highest BCUT2D eigenvalue weighted by molar-refractivity contribution is 6.03. The highest BCUT2D eigenvalue weighted by Crippen LogP contribution is 2.33. The van der Waals surface area contributed by atoms with Crippen LogP contribution in [0.2, 0.25) is 0 Å². The van der Waals surface area contributed by atoms with Gasteiger partial charge < -0.3 is 9.80 Å². The largest absolute Gasteiger partial charge is 0.377 e. The van der Waals surface area contributed by atoms with E-state index >= 15 is 0 Å². The molecule has 2 heteroatoms. The summed E-state index contributed by atoms with van der Waals surface area (Å²) in [4.78, 5) is 3.88. The van der Waals surface area contributed by atoms with Crippen molar-refractivity contribution in [3.8, 4) is 0 Å². The Balaban J connectivity index is 2.97. The second kappa shape index (κ2) is 4.05. The smallest absolute Gasteiger partial charge is 0.0645 e. The number of nitrogens with zero attached hydrogens (tertiary/aromatic N) is 2. The summed E-state index contributed by atoms with van der Waals surface area (Å²) >= 11 is 0. The minimum atomic E-state index is 0.487. The first-order chi connectivity index (χ1) is 8.43. The predicted octanol–water partition coefficient (Wildman–Crippen LogP) is 2.97. The topological polar surface area (TPSA) is 6.48 Å². The van der Waals surface area contributed by atoms with Crippen molar-refractivity contribution in [1.29, 1.82) is 0 Å². The van der Waals surface area contributed by atoms with Crippen molar-refractivity contribution in [2.75, 3.05) is 38.0 Å². The summed E-state index contributed by atoms with van der Waals surface area (Å²) in [6.45, 7) is 0. The molecule has 0 heterocycles. The molecule has 0 aromatic heterocycles. The lowest BCUT2D eigenvalue weighted by molar-refractivity contribution is 1.12. The van der Waals surface area contributed by atoms with Crippen molar-refractivity contribution >= 4 is 22.1 Å². The lowest BCUT2D eigenvalue weighted by atomic mass is 10.1. The first kappa shape index (κ1) is 8.45. The van der Waals surface area contributed by atoms with E-state index in [2.05, 4.69) is 0 Å². The van der Waals surface area contributed by atoms with Crippen LogP contribution in [0.1, 0.15) is 2.74 Å². The van der Waals surface area contributed by atoms with Gasteiger partial charge in [-0.05, 0) is 17.5 Å². The van der Waals surface area contributed by atoms with E-state index in [1.165, 1.54) is 0 Å². The van der Waals surface area contributed by atoms with Crippen molar-refractivity contribution in [3.05, 3.63) is 36.4 Å². The van der Waals surface area contributed by atoms with Crippen LogP contribution in [0.25, 0.3) is 10.8 Å². The Hall–Kier alpha value is -1.70. The van der Waals surface area contributed by atoms with Crippen molar-refractivity contribution < 1.29 is 2.74 Å². The van der Waals surface area contributed by atoms with Crippen molar-refractivity contribution in [1.82, 2.24) is 0 Å². The maximum Gasteiger partial charge on any atom is 0.0645 e. The third-order valence-electron chi connectivity index (χ3n) is 2.62. The van der Waals surface area contributed by atoms with Crippen molar-refractivity contribution in [2.45, 2.75) is 0 Å². The third kappa shape index (κ3) is 1.71. The van der Waals surface area contributed by atoms with E-state index < -0.39 is 0 Å². The van der Waals surface area contributed by atoms with Crippen LogP contribution in [0.5, 0.6) is 0 Å². The van der Waals surface area contributed by atoms with Crippen LogP contribution in [0.3, 0.4) is 0 Å². The second-order valence-corrected chi connectivity index (χ2v) is 4.27. The Kier molecular flexibility index (Phi) is 2.14. The summed E-state index contributed by atoms with van der Waals surface area (Å²) < 4.78 is 16.1. The quantitative estimate of drug-likeness (QED) is 0.761. The number of fused-ring (bicyclic) bond motifs is 1. The second-order valence-electron chi connectivity index (χ2n) is 4.27. The van der Waals surface area contributed by atoms with Crippen LogP contribution in [0.15, 0.2) is 36.4 Å². The van der Waals surface area contributed by atoms with Crippen molar-refractivity contribution in [2.24, 2.45) is 0 Å². The summed E-state index contributed by atoms with van der Waals surface area (Å²) in [6, 6.07) is 8.47. The molecule has 0 aliphatic rings. The number of anilines is 2. The molecule has 0 atom stereocenters. The zero-order chi connectivity index (χ0) is 13.4. The number of hydrogen-bond acceptors (Lipinski definition) is 2. The Bertz CT molecular complexity index is 543.